The van der Waals surface area contributed by atoms with E-state index in [0.29, 0.717) is 0 Å². The van der Waals surface area contributed by atoms with Crippen LogP contribution in [0.2, 0.25) is 0 Å². The largest absolute Gasteiger partial charge is 0.268 e. The predicted octanol–water partition coefficient (Wildman–Crippen LogP) is 1.38. The second kappa shape index (κ2) is 4.26. The maximum absolute atomic E-state index is 11.0. The summed E-state index contributed by atoms with van der Waals surface area (Å²) >= 11 is 0. The molecule has 1 aliphatic rings. The van der Waals surface area contributed by atoms with Gasteiger partial charge in [0, 0.05) is 25.4 Å². The summed E-state index contributed by atoms with van der Waals surface area (Å²) in [4.78, 5) is 11.0. The van der Waals surface area contributed by atoms with E-state index >= 15 is 0 Å². The topological polar surface area (TPSA) is 23.6 Å². The second-order valence-corrected chi connectivity index (χ2v) is 2.95. The molecule has 0 spiro atoms. The molecule has 0 fully saturated rings. The molecule has 0 N–H and O–H groups in total. The van der Waals surface area contributed by atoms with Gasteiger partial charge in [-0.3, -0.25) is 4.79 Å². The smallest absolute Gasteiger partial charge is 0.266 e. The average Bonchev–Trinajstić information content (AvgIpc) is 2.03. The quantitative estimate of drug-likeness (QED) is 0.619. The monoisotopic (exact) mass is 168 g/mol. The third kappa shape index (κ3) is 1.85. The molecular formula is C9H16N2O. The molecule has 0 aromatic rings. The maximum Gasteiger partial charge on any atom is 0.266 e. The summed E-state index contributed by atoms with van der Waals surface area (Å²) in [5.41, 5.74) is 0. The summed E-state index contributed by atoms with van der Waals surface area (Å²) in [6.07, 6.45) is 5.58. The first-order valence-electron chi connectivity index (χ1n) is 4.55. The van der Waals surface area contributed by atoms with Gasteiger partial charge in [-0.05, 0) is 12.8 Å². The van der Waals surface area contributed by atoms with E-state index in [1.807, 2.05) is 6.20 Å². The number of hydrogen-bond donors (Lipinski definition) is 0. The Labute approximate surface area is 73.6 Å². The van der Waals surface area contributed by atoms with Gasteiger partial charge in [0.1, 0.15) is 0 Å². The van der Waals surface area contributed by atoms with Crippen LogP contribution in [0.5, 0.6) is 0 Å². The highest BCUT2D eigenvalue weighted by atomic mass is 16.2. The molecule has 0 bridgehead atoms. The lowest BCUT2D eigenvalue weighted by Gasteiger charge is -2.35. The molecule has 0 aliphatic carbocycles. The van der Waals surface area contributed by atoms with Crippen molar-refractivity contribution in [3.63, 3.8) is 0 Å². The van der Waals surface area contributed by atoms with E-state index in [1.165, 1.54) is 0 Å². The number of nitrogens with zero attached hydrogens (tertiary/aromatic N) is 2. The van der Waals surface area contributed by atoms with E-state index in [4.69, 9.17) is 0 Å². The van der Waals surface area contributed by atoms with Crippen LogP contribution < -0.4 is 0 Å². The van der Waals surface area contributed by atoms with Crippen LogP contribution in [0, 0.1) is 0 Å². The Bertz CT molecular complexity index is 183. The molecule has 3 heteroatoms. The molecule has 0 radical (unpaired) electrons. The van der Waals surface area contributed by atoms with Gasteiger partial charge in [-0.25, -0.2) is 10.0 Å². The lowest BCUT2D eigenvalue weighted by molar-refractivity contribution is -0.141. The summed E-state index contributed by atoms with van der Waals surface area (Å²) in [5, 5.41) is 3.79. The molecule has 12 heavy (non-hydrogen) atoms. The molecule has 0 atom stereocenters. The van der Waals surface area contributed by atoms with Crippen molar-refractivity contribution in [3.8, 4) is 0 Å². The van der Waals surface area contributed by atoms with E-state index in [9.17, 15) is 4.79 Å². The van der Waals surface area contributed by atoms with Crippen LogP contribution >= 0.6 is 0 Å². The molecule has 68 valence electrons. The Balaban J connectivity index is 2.42. The van der Waals surface area contributed by atoms with Gasteiger partial charge in [0.15, 0.2) is 0 Å². The normalized spacial score (nSPS) is 15.6. The molecule has 3 nitrogen and oxygen atoms in total. The standard InChI is InChI=1S/C9H16N2O/c1-3-6-10(7-4-2)11-8-5-9(11)12/h5,8H,3-4,6-7H2,1-2H3. The van der Waals surface area contributed by atoms with Gasteiger partial charge in [0.25, 0.3) is 5.91 Å². The summed E-state index contributed by atoms with van der Waals surface area (Å²) in [5.74, 6) is 0.108. The number of carbonyl (C=O) groups excluding carboxylic acids is 1. The highest BCUT2D eigenvalue weighted by molar-refractivity contribution is 5.93. The van der Waals surface area contributed by atoms with Gasteiger partial charge in [-0.1, -0.05) is 13.8 Å². The third-order valence-corrected chi connectivity index (χ3v) is 1.85. The van der Waals surface area contributed by atoms with Crippen LogP contribution in [0.3, 0.4) is 0 Å². The van der Waals surface area contributed by atoms with Crippen molar-refractivity contribution in [2.75, 3.05) is 13.1 Å². The maximum atomic E-state index is 11.0. The number of hydrogen-bond acceptors (Lipinski definition) is 2. The average molecular weight is 168 g/mol. The number of carbonyl (C=O) groups is 1. The molecule has 0 aromatic carbocycles. The number of amides is 1. The van der Waals surface area contributed by atoms with Crippen LogP contribution in [0.25, 0.3) is 0 Å². The molecule has 1 heterocycles. The van der Waals surface area contributed by atoms with Crippen LogP contribution in [-0.2, 0) is 4.79 Å². The Morgan fingerprint density at radius 3 is 2.17 bits per heavy atom. The first-order chi connectivity index (χ1) is 5.79. The zero-order valence-electron chi connectivity index (χ0n) is 7.79. The van der Waals surface area contributed by atoms with Crippen molar-refractivity contribution in [1.82, 2.24) is 10.0 Å². The van der Waals surface area contributed by atoms with Crippen molar-refractivity contribution in [2.24, 2.45) is 0 Å². The van der Waals surface area contributed by atoms with Gasteiger partial charge in [0.2, 0.25) is 0 Å². The molecule has 0 saturated carbocycles. The van der Waals surface area contributed by atoms with E-state index < -0.39 is 0 Å². The van der Waals surface area contributed by atoms with Crippen LogP contribution in [0.15, 0.2) is 12.3 Å². The van der Waals surface area contributed by atoms with Gasteiger partial charge in [-0.15, -0.1) is 0 Å². The molecule has 1 aliphatic heterocycles. The fourth-order valence-corrected chi connectivity index (χ4v) is 1.28. The fourth-order valence-electron chi connectivity index (χ4n) is 1.28. The van der Waals surface area contributed by atoms with Crippen LogP contribution in [0.1, 0.15) is 26.7 Å². The highest BCUT2D eigenvalue weighted by Gasteiger charge is 2.21. The second-order valence-electron chi connectivity index (χ2n) is 2.95. The Morgan fingerprint density at radius 1 is 1.33 bits per heavy atom. The molecule has 0 aromatic heterocycles. The third-order valence-electron chi connectivity index (χ3n) is 1.85. The van der Waals surface area contributed by atoms with Crippen molar-refractivity contribution in [2.45, 2.75) is 26.7 Å². The van der Waals surface area contributed by atoms with E-state index in [2.05, 4.69) is 18.9 Å². The lowest BCUT2D eigenvalue weighted by Crippen LogP contribution is -2.47. The van der Waals surface area contributed by atoms with Crippen molar-refractivity contribution < 1.29 is 4.79 Å². The zero-order valence-corrected chi connectivity index (χ0v) is 7.79. The summed E-state index contributed by atoms with van der Waals surface area (Å²) in [6.45, 7) is 6.17. The first-order valence-corrected chi connectivity index (χ1v) is 4.55. The van der Waals surface area contributed by atoms with Crippen LogP contribution in [-0.4, -0.2) is 29.0 Å². The fraction of sp³-hybridized carbons (Fsp3) is 0.667. The van der Waals surface area contributed by atoms with Gasteiger partial charge in [-0.2, -0.15) is 0 Å². The zero-order chi connectivity index (χ0) is 8.97. The highest BCUT2D eigenvalue weighted by Crippen LogP contribution is 2.10. The number of hydrazine groups is 1. The van der Waals surface area contributed by atoms with E-state index in [-0.39, 0.29) is 5.91 Å². The molecule has 0 saturated heterocycles. The van der Waals surface area contributed by atoms with Gasteiger partial charge < -0.3 is 0 Å². The van der Waals surface area contributed by atoms with Crippen molar-refractivity contribution in [3.05, 3.63) is 12.3 Å². The Morgan fingerprint density at radius 2 is 1.92 bits per heavy atom. The van der Waals surface area contributed by atoms with Crippen molar-refractivity contribution >= 4 is 5.91 Å². The molecule has 1 amide bonds. The minimum Gasteiger partial charge on any atom is -0.268 e. The summed E-state index contributed by atoms with van der Waals surface area (Å²) in [6, 6.07) is 0. The minimum atomic E-state index is 0.108. The minimum absolute atomic E-state index is 0.108. The van der Waals surface area contributed by atoms with E-state index in [0.717, 1.165) is 25.9 Å². The first kappa shape index (κ1) is 9.26. The molecular weight excluding hydrogens is 152 g/mol. The van der Waals surface area contributed by atoms with Crippen LogP contribution in [0.4, 0.5) is 0 Å². The SMILES string of the molecule is CCCN(CCC)N1C=CC1=O. The van der Waals surface area contributed by atoms with Gasteiger partial charge >= 0.3 is 0 Å². The molecule has 1 rings (SSSR count). The number of rotatable bonds is 5. The Hall–Kier alpha value is -0.830. The Kier molecular flexibility index (Phi) is 3.29. The molecule has 0 unspecified atom stereocenters. The van der Waals surface area contributed by atoms with E-state index in [1.54, 1.807) is 11.1 Å². The summed E-state index contributed by atoms with van der Waals surface area (Å²) < 4.78 is 0. The van der Waals surface area contributed by atoms with Gasteiger partial charge in [0.05, 0.1) is 0 Å². The predicted molar refractivity (Wildman–Crippen MR) is 48.1 cm³/mol. The lowest BCUT2D eigenvalue weighted by atomic mass is 10.3. The summed E-state index contributed by atoms with van der Waals surface area (Å²) in [7, 11) is 0. The van der Waals surface area contributed by atoms with Crippen molar-refractivity contribution in [1.29, 1.82) is 0 Å².